The van der Waals surface area contributed by atoms with Gasteiger partial charge in [0.1, 0.15) is 17.0 Å². The van der Waals surface area contributed by atoms with Crippen molar-refractivity contribution in [2.75, 3.05) is 32.3 Å². The minimum atomic E-state index is -0.254. The average molecular weight is 389 g/mol. The van der Waals surface area contributed by atoms with Crippen LogP contribution >= 0.6 is 11.6 Å². The van der Waals surface area contributed by atoms with E-state index in [0.29, 0.717) is 43.0 Å². The van der Waals surface area contributed by atoms with Gasteiger partial charge >= 0.3 is 0 Å². The Morgan fingerprint density at radius 1 is 1.41 bits per heavy atom. The molecule has 0 saturated carbocycles. The summed E-state index contributed by atoms with van der Waals surface area (Å²) in [4.78, 5) is 19.2. The maximum absolute atomic E-state index is 13.2. The Morgan fingerprint density at radius 2 is 2.19 bits per heavy atom. The van der Waals surface area contributed by atoms with Crippen LogP contribution in [0.4, 0.5) is 11.5 Å². The number of halogens is 1. The number of nitrogens with zero attached hydrogens (tertiary/aromatic N) is 4. The molecule has 2 heterocycles. The molecule has 1 aliphatic rings. The number of hydrogen-bond acceptors (Lipinski definition) is 6. The first-order valence-electron chi connectivity index (χ1n) is 8.70. The van der Waals surface area contributed by atoms with Crippen molar-refractivity contribution < 1.29 is 9.47 Å². The molecule has 27 heavy (non-hydrogen) atoms. The van der Waals surface area contributed by atoms with Gasteiger partial charge in [-0.15, -0.1) is 0 Å². The molecule has 1 aromatic heterocycles. The summed E-state index contributed by atoms with van der Waals surface area (Å²) in [6.45, 7) is 2.92. The average Bonchev–Trinajstić information content (AvgIpc) is 3.10. The summed E-state index contributed by atoms with van der Waals surface area (Å²) in [7, 11) is 3.16. The summed E-state index contributed by atoms with van der Waals surface area (Å²) < 4.78 is 12.1. The molecule has 8 heteroatoms. The van der Waals surface area contributed by atoms with Crippen molar-refractivity contribution in [1.82, 2.24) is 9.55 Å². The van der Waals surface area contributed by atoms with Crippen molar-refractivity contribution in [1.29, 1.82) is 5.26 Å². The Balaban J connectivity index is 2.15. The molecule has 0 aliphatic carbocycles. The third kappa shape index (κ3) is 3.51. The van der Waals surface area contributed by atoms with E-state index < -0.39 is 0 Å². The van der Waals surface area contributed by atoms with Gasteiger partial charge in [0.15, 0.2) is 0 Å². The maximum atomic E-state index is 13.2. The molecule has 0 unspecified atom stereocenters. The first-order valence-corrected chi connectivity index (χ1v) is 9.08. The topological polar surface area (TPSA) is 80.4 Å². The number of ether oxygens (including phenoxy) is 2. The van der Waals surface area contributed by atoms with E-state index in [1.54, 1.807) is 29.8 Å². The summed E-state index contributed by atoms with van der Waals surface area (Å²) >= 11 is 6.23. The SMILES string of the molecule is CC[C@H](COC)n1cc(Cl)nc(N2CCc3cc(OC)cc(C#N)c32)c1=O. The Hall–Kier alpha value is -2.56. The van der Waals surface area contributed by atoms with Gasteiger partial charge in [-0.1, -0.05) is 18.5 Å². The summed E-state index contributed by atoms with van der Waals surface area (Å²) in [6.07, 6.45) is 2.94. The molecule has 0 bridgehead atoms. The van der Waals surface area contributed by atoms with E-state index in [2.05, 4.69) is 11.1 Å². The first-order chi connectivity index (χ1) is 13.0. The molecule has 142 valence electrons. The van der Waals surface area contributed by atoms with Gasteiger partial charge in [-0.05, 0) is 24.5 Å². The lowest BCUT2D eigenvalue weighted by Crippen LogP contribution is -2.33. The second-order valence-electron chi connectivity index (χ2n) is 6.31. The van der Waals surface area contributed by atoms with Crippen LogP contribution in [0, 0.1) is 11.3 Å². The number of rotatable bonds is 6. The number of fused-ring (bicyclic) bond motifs is 1. The van der Waals surface area contributed by atoms with Crippen LogP contribution in [0.5, 0.6) is 5.75 Å². The van der Waals surface area contributed by atoms with Crippen molar-refractivity contribution in [3.8, 4) is 11.8 Å². The van der Waals surface area contributed by atoms with Crippen molar-refractivity contribution in [3.63, 3.8) is 0 Å². The molecule has 0 spiro atoms. The van der Waals surface area contributed by atoms with Gasteiger partial charge in [0.05, 0.1) is 31.0 Å². The fourth-order valence-corrected chi connectivity index (χ4v) is 3.62. The minimum absolute atomic E-state index is 0.143. The van der Waals surface area contributed by atoms with Gasteiger partial charge in [0, 0.05) is 25.9 Å². The molecule has 1 atom stereocenters. The maximum Gasteiger partial charge on any atom is 0.294 e. The van der Waals surface area contributed by atoms with E-state index in [4.69, 9.17) is 21.1 Å². The van der Waals surface area contributed by atoms with Crippen LogP contribution < -0.4 is 15.2 Å². The molecule has 1 aliphatic heterocycles. The Morgan fingerprint density at radius 3 is 2.81 bits per heavy atom. The van der Waals surface area contributed by atoms with Crippen molar-refractivity contribution in [2.24, 2.45) is 0 Å². The Labute approximate surface area is 162 Å². The molecule has 0 radical (unpaired) electrons. The number of hydrogen-bond donors (Lipinski definition) is 0. The van der Waals surface area contributed by atoms with Gasteiger partial charge < -0.3 is 18.9 Å². The lowest BCUT2D eigenvalue weighted by molar-refractivity contribution is 0.151. The fraction of sp³-hybridized carbons (Fsp3) is 0.421. The number of benzene rings is 1. The summed E-state index contributed by atoms with van der Waals surface area (Å²) in [6, 6.07) is 5.60. The third-order valence-electron chi connectivity index (χ3n) is 4.76. The molecule has 0 amide bonds. The second-order valence-corrected chi connectivity index (χ2v) is 6.70. The zero-order valence-corrected chi connectivity index (χ0v) is 16.3. The molecule has 3 rings (SSSR count). The number of nitriles is 1. The van der Waals surface area contributed by atoms with E-state index in [1.165, 1.54) is 6.20 Å². The van der Waals surface area contributed by atoms with E-state index in [1.807, 2.05) is 13.0 Å². The molecule has 7 nitrogen and oxygen atoms in total. The van der Waals surface area contributed by atoms with Crippen molar-refractivity contribution in [3.05, 3.63) is 45.0 Å². The molecule has 0 fully saturated rings. The van der Waals surface area contributed by atoms with E-state index in [-0.39, 0.29) is 22.6 Å². The summed E-state index contributed by atoms with van der Waals surface area (Å²) in [5, 5.41) is 9.80. The normalized spacial score (nSPS) is 14.0. The summed E-state index contributed by atoms with van der Waals surface area (Å²) in [5.74, 6) is 0.840. The van der Waals surface area contributed by atoms with Gasteiger partial charge in [0.25, 0.3) is 5.56 Å². The second kappa shape index (κ2) is 7.99. The Kier molecular flexibility index (Phi) is 5.68. The molecule has 1 aromatic carbocycles. The standard InChI is InChI=1S/C19H21ClN4O3/c1-4-14(11-26-2)24-10-16(20)22-18(19(24)25)23-6-5-12-7-15(27-3)8-13(9-21)17(12)23/h7-8,10,14H,4-6,11H2,1-3H3/t14-/m1/s1. The van der Waals surface area contributed by atoms with Crippen molar-refractivity contribution in [2.45, 2.75) is 25.8 Å². The highest BCUT2D eigenvalue weighted by molar-refractivity contribution is 6.29. The summed E-state index contributed by atoms with van der Waals surface area (Å²) in [5.41, 5.74) is 1.83. The van der Waals surface area contributed by atoms with Gasteiger partial charge in [-0.3, -0.25) is 4.79 Å². The number of aromatic nitrogens is 2. The first kappa shape index (κ1) is 19.2. The van der Waals surface area contributed by atoms with Crippen LogP contribution in [0.1, 0.15) is 30.5 Å². The number of methoxy groups -OCH3 is 2. The van der Waals surface area contributed by atoms with Gasteiger partial charge in [-0.25, -0.2) is 4.98 Å². The molecule has 0 N–H and O–H groups in total. The van der Waals surface area contributed by atoms with E-state index in [0.717, 1.165) is 5.56 Å². The lowest BCUT2D eigenvalue weighted by atomic mass is 10.1. The lowest BCUT2D eigenvalue weighted by Gasteiger charge is -2.23. The molecular weight excluding hydrogens is 368 g/mol. The van der Waals surface area contributed by atoms with E-state index in [9.17, 15) is 10.1 Å². The monoisotopic (exact) mass is 388 g/mol. The highest BCUT2D eigenvalue weighted by atomic mass is 35.5. The highest BCUT2D eigenvalue weighted by Crippen LogP contribution is 2.38. The predicted molar refractivity (Wildman–Crippen MR) is 103 cm³/mol. The van der Waals surface area contributed by atoms with Gasteiger partial charge in [0.2, 0.25) is 5.82 Å². The quantitative estimate of drug-likeness (QED) is 0.756. The van der Waals surface area contributed by atoms with Crippen LogP contribution in [0.2, 0.25) is 5.15 Å². The molecule has 2 aromatic rings. The largest absolute Gasteiger partial charge is 0.497 e. The van der Waals surface area contributed by atoms with E-state index >= 15 is 0 Å². The molecule has 0 saturated heterocycles. The predicted octanol–water partition coefficient (Wildman–Crippen LogP) is 3.07. The van der Waals surface area contributed by atoms with Crippen molar-refractivity contribution >= 4 is 23.1 Å². The highest BCUT2D eigenvalue weighted by Gasteiger charge is 2.29. The van der Waals surface area contributed by atoms with Crippen LogP contribution in [0.25, 0.3) is 0 Å². The van der Waals surface area contributed by atoms with Gasteiger partial charge in [-0.2, -0.15) is 5.26 Å². The smallest absolute Gasteiger partial charge is 0.294 e. The molecular formula is C19H21ClN4O3. The van der Waals surface area contributed by atoms with Crippen LogP contribution in [-0.2, 0) is 11.2 Å². The Bertz CT molecular complexity index is 951. The number of anilines is 2. The zero-order valence-electron chi connectivity index (χ0n) is 15.5. The van der Waals surface area contributed by atoms with Crippen LogP contribution in [-0.4, -0.2) is 36.9 Å². The van der Waals surface area contributed by atoms with Crippen LogP contribution in [0.3, 0.4) is 0 Å². The zero-order chi connectivity index (χ0) is 19.6. The fourth-order valence-electron chi connectivity index (χ4n) is 3.43. The van der Waals surface area contributed by atoms with Crippen LogP contribution in [0.15, 0.2) is 23.1 Å². The minimum Gasteiger partial charge on any atom is -0.497 e. The third-order valence-corrected chi connectivity index (χ3v) is 4.94.